The standard InChI is InChI=1S/C7H11I/c1-6-4-2-3-5-7(6)8/h7H,1-5H2. The second-order valence-corrected chi connectivity index (χ2v) is 3.88. The summed E-state index contributed by atoms with van der Waals surface area (Å²) in [4.78, 5) is 0. The molecule has 1 unspecified atom stereocenters. The molecule has 1 saturated carbocycles. The summed E-state index contributed by atoms with van der Waals surface area (Å²) < 4.78 is 0.779. The van der Waals surface area contributed by atoms with Crippen molar-refractivity contribution in [2.45, 2.75) is 29.6 Å². The molecular weight excluding hydrogens is 211 g/mol. The fourth-order valence-corrected chi connectivity index (χ4v) is 1.79. The van der Waals surface area contributed by atoms with Crippen molar-refractivity contribution < 1.29 is 0 Å². The van der Waals surface area contributed by atoms with Crippen LogP contribution in [-0.2, 0) is 0 Å². The third kappa shape index (κ3) is 1.47. The van der Waals surface area contributed by atoms with Crippen LogP contribution in [0.15, 0.2) is 12.2 Å². The van der Waals surface area contributed by atoms with E-state index in [1.165, 1.54) is 31.3 Å². The molecule has 1 aliphatic carbocycles. The van der Waals surface area contributed by atoms with E-state index in [9.17, 15) is 0 Å². The zero-order valence-electron chi connectivity index (χ0n) is 4.99. The van der Waals surface area contributed by atoms with Crippen molar-refractivity contribution in [3.63, 3.8) is 0 Å². The second kappa shape index (κ2) is 2.85. The van der Waals surface area contributed by atoms with Crippen LogP contribution in [0.1, 0.15) is 25.7 Å². The van der Waals surface area contributed by atoms with Crippen LogP contribution < -0.4 is 0 Å². The van der Waals surface area contributed by atoms with E-state index < -0.39 is 0 Å². The van der Waals surface area contributed by atoms with Gasteiger partial charge in [-0.3, -0.25) is 0 Å². The van der Waals surface area contributed by atoms with Gasteiger partial charge in [0.15, 0.2) is 0 Å². The Bertz CT molecular complexity index is 96.6. The Balaban J connectivity index is 2.39. The lowest BCUT2D eigenvalue weighted by molar-refractivity contribution is 0.622. The lowest BCUT2D eigenvalue weighted by Gasteiger charge is -2.17. The van der Waals surface area contributed by atoms with Crippen LogP contribution in [0.2, 0.25) is 0 Å². The van der Waals surface area contributed by atoms with Crippen LogP contribution >= 0.6 is 22.6 Å². The summed E-state index contributed by atoms with van der Waals surface area (Å²) in [5, 5.41) is 0. The van der Waals surface area contributed by atoms with Crippen LogP contribution in [0.25, 0.3) is 0 Å². The molecule has 0 aromatic carbocycles. The minimum Gasteiger partial charge on any atom is -0.0988 e. The van der Waals surface area contributed by atoms with Gasteiger partial charge in [-0.25, -0.2) is 0 Å². The maximum absolute atomic E-state index is 3.99. The molecular formula is C7H11I. The van der Waals surface area contributed by atoms with Crippen LogP contribution in [0.4, 0.5) is 0 Å². The topological polar surface area (TPSA) is 0 Å². The molecule has 0 heterocycles. The average molecular weight is 222 g/mol. The van der Waals surface area contributed by atoms with Crippen LogP contribution in [0.5, 0.6) is 0 Å². The maximum atomic E-state index is 3.99. The van der Waals surface area contributed by atoms with Gasteiger partial charge in [-0.1, -0.05) is 41.2 Å². The van der Waals surface area contributed by atoms with Gasteiger partial charge >= 0.3 is 0 Å². The zero-order valence-corrected chi connectivity index (χ0v) is 7.15. The molecule has 0 aliphatic heterocycles. The van der Waals surface area contributed by atoms with Gasteiger partial charge in [-0.2, -0.15) is 0 Å². The van der Waals surface area contributed by atoms with E-state index in [1.807, 2.05) is 0 Å². The van der Waals surface area contributed by atoms with Crippen molar-refractivity contribution in [2.24, 2.45) is 0 Å². The molecule has 1 aliphatic rings. The van der Waals surface area contributed by atoms with E-state index in [4.69, 9.17) is 0 Å². The predicted molar refractivity (Wildman–Crippen MR) is 45.4 cm³/mol. The van der Waals surface area contributed by atoms with E-state index in [1.54, 1.807) is 0 Å². The molecule has 1 atom stereocenters. The van der Waals surface area contributed by atoms with Crippen LogP contribution in [-0.4, -0.2) is 3.92 Å². The van der Waals surface area contributed by atoms with E-state index in [0.29, 0.717) is 0 Å². The summed E-state index contributed by atoms with van der Waals surface area (Å²) >= 11 is 2.48. The van der Waals surface area contributed by atoms with Gasteiger partial charge in [0.1, 0.15) is 0 Å². The van der Waals surface area contributed by atoms with Crippen LogP contribution in [0, 0.1) is 0 Å². The molecule has 0 spiro atoms. The number of alkyl halides is 1. The Labute approximate surface area is 64.5 Å². The Morgan fingerprint density at radius 2 is 2.25 bits per heavy atom. The molecule has 8 heavy (non-hydrogen) atoms. The average Bonchev–Trinajstić information content (AvgIpc) is 1.77. The Morgan fingerprint density at radius 1 is 1.50 bits per heavy atom. The SMILES string of the molecule is C=C1CCCCC1I. The summed E-state index contributed by atoms with van der Waals surface area (Å²) in [6, 6.07) is 0. The summed E-state index contributed by atoms with van der Waals surface area (Å²) in [5.74, 6) is 0. The fraction of sp³-hybridized carbons (Fsp3) is 0.714. The highest BCUT2D eigenvalue weighted by Crippen LogP contribution is 2.27. The van der Waals surface area contributed by atoms with Gasteiger partial charge in [-0.15, -0.1) is 0 Å². The summed E-state index contributed by atoms with van der Waals surface area (Å²) in [6.45, 7) is 3.99. The van der Waals surface area contributed by atoms with Crippen molar-refractivity contribution in [1.29, 1.82) is 0 Å². The molecule has 1 fully saturated rings. The van der Waals surface area contributed by atoms with Crippen molar-refractivity contribution in [3.8, 4) is 0 Å². The number of hydrogen-bond acceptors (Lipinski definition) is 0. The quantitative estimate of drug-likeness (QED) is 0.336. The van der Waals surface area contributed by atoms with Gasteiger partial charge in [0.2, 0.25) is 0 Å². The highest BCUT2D eigenvalue weighted by atomic mass is 127. The van der Waals surface area contributed by atoms with Crippen molar-refractivity contribution in [2.75, 3.05) is 0 Å². The van der Waals surface area contributed by atoms with Crippen molar-refractivity contribution >= 4 is 22.6 Å². The summed E-state index contributed by atoms with van der Waals surface area (Å²) in [5.41, 5.74) is 1.46. The van der Waals surface area contributed by atoms with Gasteiger partial charge in [0, 0.05) is 3.92 Å². The molecule has 46 valence electrons. The highest BCUT2D eigenvalue weighted by Gasteiger charge is 2.12. The number of hydrogen-bond donors (Lipinski definition) is 0. The first kappa shape index (κ1) is 6.59. The molecule has 0 saturated heterocycles. The number of allylic oxidation sites excluding steroid dienone is 1. The fourth-order valence-electron chi connectivity index (χ4n) is 1.04. The third-order valence-corrected chi connectivity index (χ3v) is 3.15. The molecule has 0 amide bonds. The summed E-state index contributed by atoms with van der Waals surface area (Å²) in [6.07, 6.45) is 5.41. The van der Waals surface area contributed by atoms with E-state index in [0.717, 1.165) is 3.92 Å². The smallest absolute Gasteiger partial charge is 0.0316 e. The minimum absolute atomic E-state index is 0.779. The van der Waals surface area contributed by atoms with Crippen molar-refractivity contribution in [1.82, 2.24) is 0 Å². The van der Waals surface area contributed by atoms with E-state index in [2.05, 4.69) is 29.2 Å². The Morgan fingerprint density at radius 3 is 2.62 bits per heavy atom. The Hall–Kier alpha value is 0.470. The minimum atomic E-state index is 0.779. The highest BCUT2D eigenvalue weighted by molar-refractivity contribution is 14.1. The molecule has 0 bridgehead atoms. The van der Waals surface area contributed by atoms with Crippen LogP contribution in [0.3, 0.4) is 0 Å². The predicted octanol–water partition coefficient (Wildman–Crippen LogP) is 2.92. The zero-order chi connectivity index (χ0) is 5.98. The monoisotopic (exact) mass is 222 g/mol. The molecule has 0 radical (unpaired) electrons. The van der Waals surface area contributed by atoms with Gasteiger partial charge in [0.05, 0.1) is 0 Å². The Kier molecular flexibility index (Phi) is 2.35. The summed E-state index contributed by atoms with van der Waals surface area (Å²) in [7, 11) is 0. The molecule has 1 heteroatoms. The second-order valence-electron chi connectivity index (χ2n) is 2.37. The van der Waals surface area contributed by atoms with E-state index in [-0.39, 0.29) is 0 Å². The number of rotatable bonds is 0. The molecule has 0 aromatic heterocycles. The first-order valence-electron chi connectivity index (χ1n) is 3.12. The lowest BCUT2D eigenvalue weighted by atomic mass is 9.96. The van der Waals surface area contributed by atoms with Crippen molar-refractivity contribution in [3.05, 3.63) is 12.2 Å². The van der Waals surface area contributed by atoms with Gasteiger partial charge < -0.3 is 0 Å². The van der Waals surface area contributed by atoms with Gasteiger partial charge in [-0.05, 0) is 19.3 Å². The van der Waals surface area contributed by atoms with Gasteiger partial charge in [0.25, 0.3) is 0 Å². The first-order chi connectivity index (χ1) is 3.80. The lowest BCUT2D eigenvalue weighted by Crippen LogP contribution is -2.06. The normalized spacial score (nSPS) is 30.6. The third-order valence-electron chi connectivity index (χ3n) is 1.65. The largest absolute Gasteiger partial charge is 0.0988 e. The van der Waals surface area contributed by atoms with E-state index >= 15 is 0 Å². The molecule has 0 nitrogen and oxygen atoms in total. The first-order valence-corrected chi connectivity index (χ1v) is 4.37. The molecule has 1 rings (SSSR count). The molecule has 0 aromatic rings. The maximum Gasteiger partial charge on any atom is 0.0316 e. The number of halogens is 1. The molecule has 0 N–H and O–H groups in total.